The molecule has 0 saturated heterocycles. The second-order valence-electron chi connectivity index (χ2n) is 7.30. The minimum atomic E-state index is -0.235. The van der Waals surface area contributed by atoms with Crippen LogP contribution in [-0.4, -0.2) is 35.6 Å². The molecule has 9 heteroatoms. The van der Waals surface area contributed by atoms with Crippen molar-refractivity contribution in [3.05, 3.63) is 83.0 Å². The number of nitrogens with zero attached hydrogens (tertiary/aromatic N) is 6. The summed E-state index contributed by atoms with van der Waals surface area (Å²) in [7, 11) is 0. The number of amides is 1. The smallest absolute Gasteiger partial charge is 0.251 e. The molecule has 4 rings (SSSR count). The first-order valence-corrected chi connectivity index (χ1v) is 10.6. The number of halogens is 1. The Labute approximate surface area is 190 Å². The van der Waals surface area contributed by atoms with Gasteiger partial charge in [0.15, 0.2) is 0 Å². The number of aromatic nitrogens is 6. The average Bonchev–Trinajstić information content (AvgIpc) is 3.27. The van der Waals surface area contributed by atoms with Crippen LogP contribution in [0.5, 0.6) is 0 Å². The Morgan fingerprint density at radius 1 is 1.06 bits per heavy atom. The van der Waals surface area contributed by atoms with Crippen molar-refractivity contribution in [2.24, 2.45) is 0 Å². The predicted molar refractivity (Wildman–Crippen MR) is 122 cm³/mol. The Morgan fingerprint density at radius 2 is 1.94 bits per heavy atom. The van der Waals surface area contributed by atoms with Crippen LogP contribution in [0, 0.1) is 6.92 Å². The summed E-state index contributed by atoms with van der Waals surface area (Å²) in [6.07, 6.45) is 8.14. The number of carbonyl (C=O) groups excluding carboxylic acids is 1. The van der Waals surface area contributed by atoms with Crippen LogP contribution in [-0.2, 0) is 13.0 Å². The van der Waals surface area contributed by atoms with Gasteiger partial charge < -0.3 is 5.32 Å². The predicted octanol–water partition coefficient (Wildman–Crippen LogP) is 3.96. The van der Waals surface area contributed by atoms with Gasteiger partial charge >= 0.3 is 0 Å². The molecule has 4 aromatic rings. The monoisotopic (exact) mass is 447 g/mol. The first-order valence-electron chi connectivity index (χ1n) is 10.3. The molecule has 0 aliphatic carbocycles. The van der Waals surface area contributed by atoms with Crippen LogP contribution in [0.25, 0.3) is 16.9 Å². The summed E-state index contributed by atoms with van der Waals surface area (Å²) >= 11 is 6.00. The lowest BCUT2D eigenvalue weighted by Gasteiger charge is -2.12. The second kappa shape index (κ2) is 9.65. The highest BCUT2D eigenvalue weighted by atomic mass is 35.5. The van der Waals surface area contributed by atoms with Gasteiger partial charge in [-0.3, -0.25) is 19.7 Å². The zero-order chi connectivity index (χ0) is 22.5. The zero-order valence-electron chi connectivity index (χ0n) is 17.8. The van der Waals surface area contributed by atoms with Gasteiger partial charge in [0, 0.05) is 29.9 Å². The number of aryl methyl sites for hydroxylation is 2. The van der Waals surface area contributed by atoms with E-state index in [1.165, 1.54) is 6.33 Å². The highest BCUT2D eigenvalue weighted by Gasteiger charge is 2.14. The van der Waals surface area contributed by atoms with Gasteiger partial charge in [-0.25, -0.2) is 9.67 Å². The maximum Gasteiger partial charge on any atom is 0.251 e. The van der Waals surface area contributed by atoms with Crippen molar-refractivity contribution >= 4 is 17.5 Å². The van der Waals surface area contributed by atoms with Crippen molar-refractivity contribution in [3.8, 4) is 16.9 Å². The largest absolute Gasteiger partial charge is 0.346 e. The van der Waals surface area contributed by atoms with E-state index in [-0.39, 0.29) is 12.5 Å². The first-order chi connectivity index (χ1) is 15.5. The van der Waals surface area contributed by atoms with E-state index in [1.54, 1.807) is 41.5 Å². The standard InChI is InChI=1S/C23H22ClN7O/c1-3-4-22-29-14-30-31(22)20-8-16(21-6-5-18(24)11-27-21)7-17(9-20)23(32)28-13-19-12-25-15(2)10-26-19/h5-12,14H,3-4,13H2,1-2H3,(H,28,32). The lowest BCUT2D eigenvalue weighted by molar-refractivity contribution is 0.0950. The van der Waals surface area contributed by atoms with Gasteiger partial charge in [-0.05, 0) is 43.7 Å². The van der Waals surface area contributed by atoms with Crippen LogP contribution in [0.15, 0.2) is 55.2 Å². The van der Waals surface area contributed by atoms with Crippen LogP contribution in [0.1, 0.15) is 40.9 Å². The molecule has 0 aliphatic rings. The summed E-state index contributed by atoms with van der Waals surface area (Å²) in [6.45, 7) is 4.22. The fraction of sp³-hybridized carbons (Fsp3) is 0.217. The van der Waals surface area contributed by atoms with E-state index in [0.717, 1.165) is 35.6 Å². The molecule has 8 nitrogen and oxygen atoms in total. The second-order valence-corrected chi connectivity index (χ2v) is 7.74. The van der Waals surface area contributed by atoms with E-state index in [0.29, 0.717) is 22.0 Å². The summed E-state index contributed by atoms with van der Waals surface area (Å²) in [4.78, 5) is 30.3. The topological polar surface area (TPSA) is 98.5 Å². The highest BCUT2D eigenvalue weighted by molar-refractivity contribution is 6.30. The number of benzene rings is 1. The molecule has 0 atom stereocenters. The molecule has 0 radical (unpaired) electrons. The van der Waals surface area contributed by atoms with Crippen LogP contribution >= 0.6 is 11.6 Å². The molecular formula is C23H22ClN7O. The van der Waals surface area contributed by atoms with Crippen molar-refractivity contribution < 1.29 is 4.79 Å². The lowest BCUT2D eigenvalue weighted by atomic mass is 10.0. The maximum absolute atomic E-state index is 13.0. The van der Waals surface area contributed by atoms with Crippen molar-refractivity contribution in [1.29, 1.82) is 0 Å². The van der Waals surface area contributed by atoms with Gasteiger partial charge in [-0.1, -0.05) is 18.5 Å². The van der Waals surface area contributed by atoms with E-state index < -0.39 is 0 Å². The number of hydrogen-bond donors (Lipinski definition) is 1. The number of nitrogens with one attached hydrogen (secondary N) is 1. The summed E-state index contributed by atoms with van der Waals surface area (Å²) in [6, 6.07) is 9.12. The van der Waals surface area contributed by atoms with E-state index in [1.807, 2.05) is 19.1 Å². The number of rotatable bonds is 7. The molecule has 3 aromatic heterocycles. The molecule has 1 amide bonds. The molecule has 0 bridgehead atoms. The van der Waals surface area contributed by atoms with Gasteiger partial charge in [-0.2, -0.15) is 5.10 Å². The van der Waals surface area contributed by atoms with Gasteiger partial charge in [-0.15, -0.1) is 0 Å². The Hall–Kier alpha value is -3.65. The quantitative estimate of drug-likeness (QED) is 0.460. The fourth-order valence-corrected chi connectivity index (χ4v) is 3.33. The molecular weight excluding hydrogens is 426 g/mol. The first kappa shape index (κ1) is 21.6. The molecule has 0 spiro atoms. The van der Waals surface area contributed by atoms with E-state index in [9.17, 15) is 4.79 Å². The minimum Gasteiger partial charge on any atom is -0.346 e. The van der Waals surface area contributed by atoms with Crippen LogP contribution in [0.4, 0.5) is 0 Å². The third kappa shape index (κ3) is 4.97. The molecule has 0 fully saturated rings. The van der Waals surface area contributed by atoms with Crippen LogP contribution in [0.3, 0.4) is 0 Å². The number of pyridine rings is 1. The van der Waals surface area contributed by atoms with Crippen LogP contribution < -0.4 is 5.32 Å². The Bertz CT molecular complexity index is 1220. The molecule has 0 unspecified atom stereocenters. The fourth-order valence-electron chi connectivity index (χ4n) is 3.22. The zero-order valence-corrected chi connectivity index (χ0v) is 18.5. The molecule has 1 N–H and O–H groups in total. The summed E-state index contributed by atoms with van der Waals surface area (Å²) < 4.78 is 1.76. The SMILES string of the molecule is CCCc1ncnn1-c1cc(C(=O)NCc2cnc(C)cn2)cc(-c2ccc(Cl)cn2)c1. The van der Waals surface area contributed by atoms with E-state index >= 15 is 0 Å². The Morgan fingerprint density at radius 3 is 2.66 bits per heavy atom. The van der Waals surface area contributed by atoms with Crippen molar-refractivity contribution in [1.82, 2.24) is 35.0 Å². The van der Waals surface area contributed by atoms with Crippen molar-refractivity contribution in [2.75, 3.05) is 0 Å². The van der Waals surface area contributed by atoms with Crippen molar-refractivity contribution in [2.45, 2.75) is 33.2 Å². The minimum absolute atomic E-state index is 0.235. The lowest BCUT2D eigenvalue weighted by Crippen LogP contribution is -2.23. The number of hydrogen-bond acceptors (Lipinski definition) is 6. The number of carbonyl (C=O) groups is 1. The normalized spacial score (nSPS) is 10.8. The molecule has 3 heterocycles. The van der Waals surface area contributed by atoms with Gasteiger partial charge in [0.05, 0.1) is 40.5 Å². The molecule has 0 aliphatic heterocycles. The Kier molecular flexibility index (Phi) is 6.51. The van der Waals surface area contributed by atoms with E-state index in [2.05, 4.69) is 37.3 Å². The molecule has 1 aromatic carbocycles. The average molecular weight is 448 g/mol. The van der Waals surface area contributed by atoms with Crippen LogP contribution in [0.2, 0.25) is 5.02 Å². The summed E-state index contributed by atoms with van der Waals surface area (Å²) in [5.41, 5.74) is 4.20. The van der Waals surface area contributed by atoms with Gasteiger partial charge in [0.1, 0.15) is 12.2 Å². The summed E-state index contributed by atoms with van der Waals surface area (Å²) in [5, 5.41) is 7.82. The molecule has 162 valence electrons. The third-order valence-electron chi connectivity index (χ3n) is 4.80. The van der Waals surface area contributed by atoms with Gasteiger partial charge in [0.2, 0.25) is 0 Å². The maximum atomic E-state index is 13.0. The van der Waals surface area contributed by atoms with Crippen molar-refractivity contribution in [3.63, 3.8) is 0 Å². The Balaban J connectivity index is 1.69. The molecule has 32 heavy (non-hydrogen) atoms. The van der Waals surface area contributed by atoms with Gasteiger partial charge in [0.25, 0.3) is 5.91 Å². The molecule has 0 saturated carbocycles. The summed E-state index contributed by atoms with van der Waals surface area (Å²) in [5.74, 6) is 0.594. The third-order valence-corrected chi connectivity index (χ3v) is 5.03. The van der Waals surface area contributed by atoms with E-state index in [4.69, 9.17) is 11.6 Å². The highest BCUT2D eigenvalue weighted by Crippen LogP contribution is 2.24.